The molecule has 1 aromatic carbocycles. The molecule has 4 atom stereocenters. The van der Waals surface area contributed by atoms with Crippen molar-refractivity contribution in [3.05, 3.63) is 42.2 Å². The number of carbonyl (C=O) groups is 1. The van der Waals surface area contributed by atoms with E-state index in [0.29, 0.717) is 23.2 Å². The van der Waals surface area contributed by atoms with E-state index in [1.807, 2.05) is 18.2 Å². The van der Waals surface area contributed by atoms with Crippen molar-refractivity contribution in [1.82, 2.24) is 15.3 Å². The summed E-state index contributed by atoms with van der Waals surface area (Å²) in [6.07, 6.45) is 7.20. The first-order chi connectivity index (χ1) is 14.6. The minimum atomic E-state index is -0.237. The van der Waals surface area contributed by atoms with Gasteiger partial charge in [0.15, 0.2) is 5.13 Å². The number of aromatic nitrogens is 2. The molecule has 2 aromatic heterocycles. The molecular formula is C23H26N4O2S. The lowest BCUT2D eigenvalue weighted by Crippen LogP contribution is -2.29. The number of nitrogens with zero attached hydrogens (tertiary/aromatic N) is 2. The van der Waals surface area contributed by atoms with E-state index in [4.69, 9.17) is 9.72 Å². The van der Waals surface area contributed by atoms with Crippen LogP contribution >= 0.6 is 11.3 Å². The zero-order chi connectivity index (χ0) is 20.7. The summed E-state index contributed by atoms with van der Waals surface area (Å²) in [7, 11) is 1.58. The van der Waals surface area contributed by atoms with Gasteiger partial charge in [-0.25, -0.2) is 4.98 Å². The minimum absolute atomic E-state index is 0.237. The molecule has 3 aromatic rings. The van der Waals surface area contributed by atoms with Crippen molar-refractivity contribution in [3.63, 3.8) is 0 Å². The molecule has 0 saturated heterocycles. The zero-order valence-electron chi connectivity index (χ0n) is 17.2. The van der Waals surface area contributed by atoms with E-state index < -0.39 is 0 Å². The number of anilines is 1. The van der Waals surface area contributed by atoms with Crippen LogP contribution in [-0.4, -0.2) is 29.0 Å². The molecule has 2 fully saturated rings. The summed E-state index contributed by atoms with van der Waals surface area (Å²) in [5.41, 5.74) is 1.30. The molecule has 2 saturated carbocycles. The molecule has 7 heteroatoms. The summed E-state index contributed by atoms with van der Waals surface area (Å²) < 4.78 is 7.04. The maximum Gasteiger partial charge on any atom is 0.269 e. The van der Waals surface area contributed by atoms with Crippen LogP contribution in [-0.2, 0) is 0 Å². The van der Waals surface area contributed by atoms with Crippen LogP contribution in [0.25, 0.3) is 10.2 Å². The molecule has 2 unspecified atom stereocenters. The number of thiazole rings is 1. The molecule has 2 aliphatic carbocycles. The lowest BCUT2D eigenvalue weighted by molar-refractivity contribution is 0.0958. The van der Waals surface area contributed by atoms with Crippen LogP contribution in [0.5, 0.6) is 11.5 Å². The second-order valence-electron chi connectivity index (χ2n) is 8.48. The van der Waals surface area contributed by atoms with Gasteiger partial charge in [-0.3, -0.25) is 9.78 Å². The molecule has 0 aliphatic heterocycles. The van der Waals surface area contributed by atoms with Crippen LogP contribution in [0.3, 0.4) is 0 Å². The second-order valence-corrected chi connectivity index (χ2v) is 9.51. The van der Waals surface area contributed by atoms with Gasteiger partial charge in [-0.1, -0.05) is 17.8 Å². The van der Waals surface area contributed by atoms with Gasteiger partial charge in [0.05, 0.1) is 10.2 Å². The van der Waals surface area contributed by atoms with E-state index in [0.717, 1.165) is 33.1 Å². The van der Waals surface area contributed by atoms with Crippen LogP contribution in [0.2, 0.25) is 0 Å². The smallest absolute Gasteiger partial charge is 0.269 e. The molecule has 0 spiro atoms. The molecule has 30 heavy (non-hydrogen) atoms. The Hall–Kier alpha value is -2.67. The maximum atomic E-state index is 11.8. The Labute approximate surface area is 180 Å². The monoisotopic (exact) mass is 422 g/mol. The van der Waals surface area contributed by atoms with Crippen LogP contribution in [0.1, 0.15) is 43.1 Å². The topological polar surface area (TPSA) is 76.1 Å². The van der Waals surface area contributed by atoms with Crippen molar-refractivity contribution in [1.29, 1.82) is 0 Å². The van der Waals surface area contributed by atoms with E-state index >= 15 is 0 Å². The number of fused-ring (bicyclic) bond motifs is 3. The Morgan fingerprint density at radius 1 is 1.20 bits per heavy atom. The highest BCUT2D eigenvalue weighted by molar-refractivity contribution is 7.22. The highest BCUT2D eigenvalue weighted by Crippen LogP contribution is 2.50. The van der Waals surface area contributed by atoms with Crippen LogP contribution in [0.15, 0.2) is 36.5 Å². The fourth-order valence-corrected chi connectivity index (χ4v) is 6.09. The number of pyridine rings is 1. The number of benzene rings is 1. The number of rotatable bonds is 6. The van der Waals surface area contributed by atoms with Crippen LogP contribution in [0, 0.1) is 17.8 Å². The summed E-state index contributed by atoms with van der Waals surface area (Å²) in [4.78, 5) is 20.6. The van der Waals surface area contributed by atoms with Crippen LogP contribution in [0.4, 0.5) is 5.13 Å². The van der Waals surface area contributed by atoms with Gasteiger partial charge in [-0.05, 0) is 62.1 Å². The number of carbonyl (C=O) groups excluding carboxylic acids is 1. The fourth-order valence-electron chi connectivity index (χ4n) is 5.10. The van der Waals surface area contributed by atoms with Gasteiger partial charge >= 0.3 is 0 Å². The first-order valence-corrected chi connectivity index (χ1v) is 11.4. The Kier molecular flexibility index (Phi) is 5.06. The minimum Gasteiger partial charge on any atom is -0.457 e. The molecule has 6 nitrogen and oxygen atoms in total. The third-order valence-electron chi connectivity index (χ3n) is 6.57. The maximum absolute atomic E-state index is 11.8. The van der Waals surface area contributed by atoms with Gasteiger partial charge in [0, 0.05) is 31.4 Å². The quantitative estimate of drug-likeness (QED) is 0.579. The van der Waals surface area contributed by atoms with Crippen molar-refractivity contribution in [3.8, 4) is 11.5 Å². The van der Waals surface area contributed by atoms with Crippen molar-refractivity contribution in [2.45, 2.75) is 38.6 Å². The predicted molar refractivity (Wildman–Crippen MR) is 119 cm³/mol. The normalized spacial score (nSPS) is 23.5. The number of ether oxygens (including phenoxy) is 1. The fraction of sp³-hybridized carbons (Fsp3) is 0.435. The number of nitrogens with one attached hydrogen (secondary N) is 2. The molecular weight excluding hydrogens is 396 g/mol. The Balaban J connectivity index is 1.30. The highest BCUT2D eigenvalue weighted by atomic mass is 32.1. The predicted octanol–water partition coefficient (Wildman–Crippen LogP) is 5.08. The van der Waals surface area contributed by atoms with Gasteiger partial charge in [0.2, 0.25) is 0 Å². The number of hydrogen-bond acceptors (Lipinski definition) is 6. The number of hydrogen-bond donors (Lipinski definition) is 2. The molecule has 2 bridgehead atoms. The summed E-state index contributed by atoms with van der Waals surface area (Å²) in [6, 6.07) is 9.73. The highest BCUT2D eigenvalue weighted by Gasteiger charge is 2.41. The Morgan fingerprint density at radius 2 is 2.07 bits per heavy atom. The van der Waals surface area contributed by atoms with Gasteiger partial charge in [0.25, 0.3) is 5.91 Å². The molecule has 0 radical (unpaired) electrons. The van der Waals surface area contributed by atoms with E-state index in [2.05, 4.69) is 22.5 Å². The summed E-state index contributed by atoms with van der Waals surface area (Å²) >= 11 is 1.66. The third-order valence-corrected chi connectivity index (χ3v) is 7.52. The van der Waals surface area contributed by atoms with Gasteiger partial charge in [-0.15, -0.1) is 0 Å². The number of amides is 1. The van der Waals surface area contributed by atoms with Gasteiger partial charge in [0.1, 0.15) is 17.2 Å². The SMILES string of the molecule is CNC(=O)c1cc(Oc2ccc3nc(NC(C)C4C[C@@H]5CC[C@@H]4C5)sc3c2)ccn1. The Bertz CT molecular complexity index is 1080. The first kappa shape index (κ1) is 19.3. The first-order valence-electron chi connectivity index (χ1n) is 10.6. The van der Waals surface area contributed by atoms with Crippen LogP contribution < -0.4 is 15.4 Å². The largest absolute Gasteiger partial charge is 0.457 e. The van der Waals surface area contributed by atoms with E-state index in [-0.39, 0.29) is 5.91 Å². The van der Waals surface area contributed by atoms with Crippen molar-refractivity contribution in [2.24, 2.45) is 17.8 Å². The molecule has 2 N–H and O–H groups in total. The zero-order valence-corrected chi connectivity index (χ0v) is 18.0. The Morgan fingerprint density at radius 3 is 2.83 bits per heavy atom. The molecule has 156 valence electrons. The average Bonchev–Trinajstić information content (AvgIpc) is 3.48. The lowest BCUT2D eigenvalue weighted by Gasteiger charge is -2.28. The van der Waals surface area contributed by atoms with E-state index in [9.17, 15) is 4.79 Å². The average molecular weight is 423 g/mol. The molecule has 2 aliphatic rings. The van der Waals surface area contributed by atoms with E-state index in [1.165, 1.54) is 25.7 Å². The van der Waals surface area contributed by atoms with Gasteiger partial charge < -0.3 is 15.4 Å². The van der Waals surface area contributed by atoms with E-state index in [1.54, 1.807) is 36.7 Å². The molecule has 1 amide bonds. The summed E-state index contributed by atoms with van der Waals surface area (Å²) in [5.74, 6) is 3.68. The molecule has 5 rings (SSSR count). The second kappa shape index (κ2) is 7.87. The summed E-state index contributed by atoms with van der Waals surface area (Å²) in [6.45, 7) is 2.31. The lowest BCUT2D eigenvalue weighted by atomic mass is 9.84. The van der Waals surface area contributed by atoms with Crippen molar-refractivity contribution in [2.75, 3.05) is 12.4 Å². The standard InChI is InChI=1S/C23H26N4O2S/c1-13(18-10-14-3-4-15(18)9-14)26-23-27-19-6-5-16(12-21(19)30-23)29-17-7-8-25-20(11-17)22(28)24-2/h5-8,11-15,18H,3-4,9-10H2,1-2H3,(H,24,28)(H,26,27)/t13?,14-,15-,18?/m1/s1. The van der Waals surface area contributed by atoms with Gasteiger partial charge in [-0.2, -0.15) is 0 Å². The van der Waals surface area contributed by atoms with Crippen molar-refractivity contribution < 1.29 is 9.53 Å². The summed E-state index contributed by atoms with van der Waals surface area (Å²) in [5, 5.41) is 7.22. The van der Waals surface area contributed by atoms with Crippen molar-refractivity contribution >= 4 is 32.6 Å². The third kappa shape index (κ3) is 3.74. The molecule has 2 heterocycles.